The van der Waals surface area contributed by atoms with Crippen LogP contribution in [0.15, 0.2) is 65.3 Å². The van der Waals surface area contributed by atoms with Gasteiger partial charge in [0, 0.05) is 18.4 Å². The molecule has 1 aliphatic carbocycles. The molecule has 8 nitrogen and oxygen atoms in total. The third-order valence-electron chi connectivity index (χ3n) is 6.41. The number of esters is 2. The molecular weight excluding hydrogens is 452 g/mol. The second-order valence-electron chi connectivity index (χ2n) is 8.50. The number of benzene rings is 2. The molecule has 0 unspecified atom stereocenters. The average Bonchev–Trinajstić information content (AvgIpc) is 3.40. The first-order valence-corrected chi connectivity index (χ1v) is 11.1. The number of methoxy groups -OCH3 is 1. The third kappa shape index (κ3) is 3.29. The van der Waals surface area contributed by atoms with Gasteiger partial charge in [-0.2, -0.15) is 0 Å². The Hall–Kier alpha value is -4.46. The van der Waals surface area contributed by atoms with E-state index >= 15 is 0 Å². The maximum Gasteiger partial charge on any atom is 0.376 e. The molecule has 176 valence electrons. The average molecular weight is 472 g/mol. The van der Waals surface area contributed by atoms with Crippen LogP contribution in [0.4, 0.5) is 0 Å². The minimum absolute atomic E-state index is 0.00763. The van der Waals surface area contributed by atoms with Gasteiger partial charge >= 0.3 is 11.9 Å². The Morgan fingerprint density at radius 3 is 2.57 bits per heavy atom. The zero-order chi connectivity index (χ0) is 24.2. The first kappa shape index (κ1) is 21.1. The van der Waals surface area contributed by atoms with Crippen LogP contribution in [0.2, 0.25) is 0 Å². The van der Waals surface area contributed by atoms with Crippen LogP contribution in [0.5, 0.6) is 23.0 Å². The van der Waals surface area contributed by atoms with Crippen molar-refractivity contribution in [1.29, 1.82) is 0 Å². The highest BCUT2D eigenvalue weighted by Crippen LogP contribution is 2.49. The first-order valence-electron chi connectivity index (χ1n) is 11.1. The van der Waals surface area contributed by atoms with Gasteiger partial charge in [0.05, 0.1) is 24.8 Å². The molecule has 0 radical (unpaired) electrons. The molecule has 0 fully saturated rings. The Bertz CT molecular complexity index is 1430. The molecule has 0 amide bonds. The zero-order valence-electron chi connectivity index (χ0n) is 18.7. The van der Waals surface area contributed by atoms with Crippen LogP contribution in [-0.4, -0.2) is 30.8 Å². The summed E-state index contributed by atoms with van der Waals surface area (Å²) >= 11 is 0. The van der Waals surface area contributed by atoms with Gasteiger partial charge in [0.15, 0.2) is 11.5 Å². The van der Waals surface area contributed by atoms with Gasteiger partial charge in [-0.1, -0.05) is 18.2 Å². The molecule has 7 rings (SSSR count). The highest BCUT2D eigenvalue weighted by atomic mass is 16.6. The molecule has 5 aliphatic rings. The number of hydrogen-bond donors (Lipinski definition) is 1. The van der Waals surface area contributed by atoms with Crippen molar-refractivity contribution in [2.75, 3.05) is 13.7 Å². The summed E-state index contributed by atoms with van der Waals surface area (Å²) in [4.78, 5) is 26.6. The second kappa shape index (κ2) is 7.80. The fourth-order valence-electron chi connectivity index (χ4n) is 4.70. The van der Waals surface area contributed by atoms with Crippen molar-refractivity contribution < 1.29 is 38.1 Å². The van der Waals surface area contributed by atoms with Crippen LogP contribution >= 0.6 is 0 Å². The minimum Gasteiger partial charge on any atom is -0.504 e. The summed E-state index contributed by atoms with van der Waals surface area (Å²) in [5, 5.41) is 10.2. The highest BCUT2D eigenvalue weighted by molar-refractivity contribution is 6.02. The molecule has 0 aromatic heterocycles. The topological polar surface area (TPSA) is 104 Å². The SMILES string of the molecule is COc1ccc2c3c(occ1-2)C(=O)O[C@]31Cc2ccc(cc2)Oc2cc(ccc2O)CCOC1=O. The van der Waals surface area contributed by atoms with E-state index in [9.17, 15) is 14.7 Å². The van der Waals surface area contributed by atoms with Crippen molar-refractivity contribution in [2.24, 2.45) is 0 Å². The molecule has 1 spiro atoms. The number of ether oxygens (including phenoxy) is 4. The molecule has 2 aromatic rings. The highest BCUT2D eigenvalue weighted by Gasteiger charge is 2.56. The van der Waals surface area contributed by atoms with E-state index in [0.717, 1.165) is 5.56 Å². The van der Waals surface area contributed by atoms with Crippen molar-refractivity contribution >= 4 is 11.9 Å². The van der Waals surface area contributed by atoms with Gasteiger partial charge in [-0.15, -0.1) is 0 Å². The van der Waals surface area contributed by atoms with Crippen LogP contribution in [0.1, 0.15) is 27.2 Å². The number of phenols is 1. The van der Waals surface area contributed by atoms with Crippen molar-refractivity contribution in [1.82, 2.24) is 0 Å². The van der Waals surface area contributed by atoms with Crippen LogP contribution in [-0.2, 0) is 32.7 Å². The first-order chi connectivity index (χ1) is 17.0. The number of fused-ring (bicyclic) bond motifs is 8. The number of carbonyl (C=O) groups is 2. The standard InChI is InChI=1S/C27H20O8/c1-31-21-9-7-18-19(21)14-33-24-23(18)27(35-25(24)29)13-16-2-5-17(6-3-16)34-22-12-15(4-8-20(22)28)10-11-32-26(27)30/h2-9,12,14,28H,10-11,13H2,1H3/t27-/m1/s1. The summed E-state index contributed by atoms with van der Waals surface area (Å²) in [5.41, 5.74) is 1.34. The maximum atomic E-state index is 13.7. The van der Waals surface area contributed by atoms with Gasteiger partial charge in [0.1, 0.15) is 17.8 Å². The molecule has 1 N–H and O–H groups in total. The van der Waals surface area contributed by atoms with Crippen LogP contribution < -0.4 is 9.47 Å². The minimum atomic E-state index is -1.73. The summed E-state index contributed by atoms with van der Waals surface area (Å²) in [6, 6.07) is 15.5. The van der Waals surface area contributed by atoms with E-state index < -0.39 is 17.5 Å². The van der Waals surface area contributed by atoms with Crippen LogP contribution in [0, 0.1) is 0 Å². The summed E-state index contributed by atoms with van der Waals surface area (Å²) in [6.45, 7) is 0.0344. The number of rotatable bonds is 1. The predicted molar refractivity (Wildman–Crippen MR) is 122 cm³/mol. The maximum absolute atomic E-state index is 13.7. The lowest BCUT2D eigenvalue weighted by atomic mass is 9.84. The largest absolute Gasteiger partial charge is 0.504 e. The number of hydrogen-bond acceptors (Lipinski definition) is 8. The summed E-state index contributed by atoms with van der Waals surface area (Å²) < 4.78 is 28.4. The van der Waals surface area contributed by atoms with E-state index in [1.54, 1.807) is 48.5 Å². The van der Waals surface area contributed by atoms with Crippen molar-refractivity contribution in [3.8, 4) is 34.1 Å². The quantitative estimate of drug-likeness (QED) is 0.401. The van der Waals surface area contributed by atoms with Gasteiger partial charge in [-0.25, -0.2) is 9.59 Å². The Balaban J connectivity index is 1.49. The van der Waals surface area contributed by atoms with Gasteiger partial charge in [-0.05, 0) is 47.5 Å². The smallest absolute Gasteiger partial charge is 0.376 e. The van der Waals surface area contributed by atoms with E-state index in [-0.39, 0.29) is 24.5 Å². The zero-order valence-corrected chi connectivity index (χ0v) is 18.7. The molecule has 35 heavy (non-hydrogen) atoms. The number of phenolic OH excluding ortho intramolecular Hbond substituents is 1. The van der Waals surface area contributed by atoms with Gasteiger partial charge in [-0.3, -0.25) is 0 Å². The van der Waals surface area contributed by atoms with Crippen LogP contribution in [0.25, 0.3) is 11.1 Å². The Morgan fingerprint density at radius 1 is 0.971 bits per heavy atom. The second-order valence-corrected chi connectivity index (χ2v) is 8.50. The molecule has 0 saturated heterocycles. The lowest BCUT2D eigenvalue weighted by Gasteiger charge is -2.28. The van der Waals surface area contributed by atoms with Gasteiger partial charge < -0.3 is 28.5 Å². The summed E-state index contributed by atoms with van der Waals surface area (Å²) in [5.74, 6) is -0.0768. The van der Waals surface area contributed by atoms with E-state index in [0.29, 0.717) is 45.9 Å². The number of aromatic hydroxyl groups is 1. The lowest BCUT2D eigenvalue weighted by molar-refractivity contribution is -0.165. The van der Waals surface area contributed by atoms with Gasteiger partial charge in [0.25, 0.3) is 0 Å². The molecule has 0 saturated carbocycles. The third-order valence-corrected chi connectivity index (χ3v) is 6.41. The van der Waals surface area contributed by atoms with E-state index in [2.05, 4.69) is 0 Å². The normalized spacial score (nSPS) is 19.1. The molecular formula is C27H20O8. The Kier molecular flexibility index (Phi) is 4.70. The monoisotopic (exact) mass is 472 g/mol. The van der Waals surface area contributed by atoms with Gasteiger partial charge in [0.2, 0.25) is 11.4 Å². The molecule has 8 heteroatoms. The summed E-state index contributed by atoms with van der Waals surface area (Å²) in [7, 11) is 1.54. The molecule has 2 aromatic carbocycles. The van der Waals surface area contributed by atoms with Crippen LogP contribution in [0.3, 0.4) is 0 Å². The van der Waals surface area contributed by atoms with Crippen molar-refractivity contribution in [3.63, 3.8) is 0 Å². The predicted octanol–water partition coefficient (Wildman–Crippen LogP) is 4.60. The number of carbonyl (C=O) groups excluding carboxylic acids is 2. The fraction of sp³-hybridized carbons (Fsp3) is 0.185. The molecule has 4 heterocycles. The Morgan fingerprint density at radius 2 is 1.77 bits per heavy atom. The van der Waals surface area contributed by atoms with E-state index in [4.69, 9.17) is 23.4 Å². The van der Waals surface area contributed by atoms with E-state index in [1.807, 2.05) is 0 Å². The van der Waals surface area contributed by atoms with Crippen molar-refractivity contribution in [3.05, 3.63) is 83.3 Å². The lowest BCUT2D eigenvalue weighted by Crippen LogP contribution is -2.40. The van der Waals surface area contributed by atoms with Crippen molar-refractivity contribution in [2.45, 2.75) is 18.4 Å². The summed E-state index contributed by atoms with van der Waals surface area (Å²) in [6.07, 6.45) is 1.83. The Labute approximate surface area is 199 Å². The molecule has 4 aliphatic heterocycles. The molecule has 1 atom stereocenters. The van der Waals surface area contributed by atoms with E-state index in [1.165, 1.54) is 19.4 Å². The molecule has 4 bridgehead atoms. The fourth-order valence-corrected chi connectivity index (χ4v) is 4.70.